The second-order valence-electron chi connectivity index (χ2n) is 5.40. The Morgan fingerprint density at radius 3 is 2.74 bits per heavy atom. The van der Waals surface area contributed by atoms with Crippen LogP contribution in [0, 0.1) is 5.41 Å². The molecule has 0 atom stereocenters. The summed E-state index contributed by atoms with van der Waals surface area (Å²) < 4.78 is 0. The SMILES string of the molecule is Nc1ccc(CC(=O)NCC2(CO)CCCC2)nc1. The summed E-state index contributed by atoms with van der Waals surface area (Å²) in [6, 6.07) is 3.49. The van der Waals surface area contributed by atoms with Gasteiger partial charge in [-0.05, 0) is 25.0 Å². The number of nitrogens with zero attached hydrogens (tertiary/aromatic N) is 1. The lowest BCUT2D eigenvalue weighted by atomic mass is 9.87. The molecule has 1 fully saturated rings. The molecule has 2 rings (SSSR count). The van der Waals surface area contributed by atoms with Gasteiger partial charge in [0.05, 0.1) is 24.9 Å². The zero-order valence-electron chi connectivity index (χ0n) is 11.1. The van der Waals surface area contributed by atoms with Crippen molar-refractivity contribution in [2.75, 3.05) is 18.9 Å². The smallest absolute Gasteiger partial charge is 0.226 e. The van der Waals surface area contributed by atoms with Gasteiger partial charge in [-0.25, -0.2) is 0 Å². The van der Waals surface area contributed by atoms with Gasteiger partial charge in [0, 0.05) is 17.7 Å². The van der Waals surface area contributed by atoms with E-state index in [0.29, 0.717) is 17.9 Å². The van der Waals surface area contributed by atoms with Crippen molar-refractivity contribution >= 4 is 11.6 Å². The molecule has 19 heavy (non-hydrogen) atoms. The monoisotopic (exact) mass is 263 g/mol. The first kappa shape index (κ1) is 13.8. The van der Waals surface area contributed by atoms with Gasteiger partial charge in [0.1, 0.15) is 0 Å². The number of aliphatic hydroxyl groups is 1. The van der Waals surface area contributed by atoms with Crippen LogP contribution in [-0.2, 0) is 11.2 Å². The van der Waals surface area contributed by atoms with E-state index in [2.05, 4.69) is 10.3 Å². The molecule has 0 bridgehead atoms. The van der Waals surface area contributed by atoms with Crippen LogP contribution in [0.4, 0.5) is 5.69 Å². The van der Waals surface area contributed by atoms with E-state index in [1.807, 2.05) is 0 Å². The molecule has 5 heteroatoms. The summed E-state index contributed by atoms with van der Waals surface area (Å²) in [5, 5.41) is 12.4. The molecule has 1 heterocycles. The number of amides is 1. The highest BCUT2D eigenvalue weighted by molar-refractivity contribution is 5.78. The molecule has 1 aliphatic carbocycles. The van der Waals surface area contributed by atoms with Gasteiger partial charge >= 0.3 is 0 Å². The topological polar surface area (TPSA) is 88.2 Å². The Bertz CT molecular complexity index is 425. The molecular formula is C14H21N3O2. The van der Waals surface area contributed by atoms with Crippen molar-refractivity contribution in [2.45, 2.75) is 32.1 Å². The number of nitrogen functional groups attached to an aromatic ring is 1. The second kappa shape index (κ2) is 6.02. The average molecular weight is 263 g/mol. The Morgan fingerprint density at radius 2 is 2.16 bits per heavy atom. The molecule has 0 unspecified atom stereocenters. The summed E-state index contributed by atoms with van der Waals surface area (Å²) in [6.07, 6.45) is 6.05. The van der Waals surface area contributed by atoms with Gasteiger partial charge in [0.25, 0.3) is 0 Å². The van der Waals surface area contributed by atoms with E-state index in [1.165, 1.54) is 0 Å². The van der Waals surface area contributed by atoms with Crippen molar-refractivity contribution < 1.29 is 9.90 Å². The minimum Gasteiger partial charge on any atom is -0.397 e. The normalized spacial score (nSPS) is 17.3. The van der Waals surface area contributed by atoms with Gasteiger partial charge in [-0.1, -0.05) is 12.8 Å². The maximum Gasteiger partial charge on any atom is 0.226 e. The summed E-state index contributed by atoms with van der Waals surface area (Å²) in [5.74, 6) is -0.0583. The predicted octanol–water partition coefficient (Wildman–Crippen LogP) is 0.875. The highest BCUT2D eigenvalue weighted by atomic mass is 16.3. The summed E-state index contributed by atoms with van der Waals surface area (Å²) in [6.45, 7) is 0.699. The van der Waals surface area contributed by atoms with Gasteiger partial charge in [0.15, 0.2) is 0 Å². The number of aromatic nitrogens is 1. The number of aliphatic hydroxyl groups excluding tert-OH is 1. The van der Waals surface area contributed by atoms with Crippen LogP contribution in [0.1, 0.15) is 31.4 Å². The van der Waals surface area contributed by atoms with E-state index in [0.717, 1.165) is 25.7 Å². The number of hydrogen-bond acceptors (Lipinski definition) is 4. The second-order valence-corrected chi connectivity index (χ2v) is 5.40. The first-order chi connectivity index (χ1) is 9.13. The van der Waals surface area contributed by atoms with E-state index in [1.54, 1.807) is 18.3 Å². The molecule has 0 aromatic carbocycles. The first-order valence-electron chi connectivity index (χ1n) is 6.72. The maximum atomic E-state index is 11.8. The molecule has 1 aliphatic rings. The van der Waals surface area contributed by atoms with Crippen molar-refractivity contribution in [1.82, 2.24) is 10.3 Å². The third-order valence-electron chi connectivity index (χ3n) is 3.85. The Hall–Kier alpha value is -1.62. The minimum absolute atomic E-state index is 0.0583. The number of rotatable bonds is 5. The molecular weight excluding hydrogens is 242 g/mol. The Kier molecular flexibility index (Phi) is 4.37. The molecule has 0 spiro atoms. The lowest BCUT2D eigenvalue weighted by molar-refractivity contribution is -0.121. The van der Waals surface area contributed by atoms with Gasteiger partial charge in [0.2, 0.25) is 5.91 Å². The molecule has 1 aromatic rings. The average Bonchev–Trinajstić information content (AvgIpc) is 2.89. The summed E-state index contributed by atoms with van der Waals surface area (Å²) in [4.78, 5) is 15.9. The predicted molar refractivity (Wildman–Crippen MR) is 73.3 cm³/mol. The molecule has 0 aliphatic heterocycles. The number of anilines is 1. The number of carbonyl (C=O) groups excluding carboxylic acids is 1. The third-order valence-corrected chi connectivity index (χ3v) is 3.85. The van der Waals surface area contributed by atoms with Gasteiger partial charge < -0.3 is 16.2 Å². The molecule has 104 valence electrons. The van der Waals surface area contributed by atoms with Gasteiger partial charge in [-0.15, -0.1) is 0 Å². The van der Waals surface area contributed by atoms with E-state index in [-0.39, 0.29) is 24.3 Å². The molecule has 4 N–H and O–H groups in total. The summed E-state index contributed by atoms with van der Waals surface area (Å²) >= 11 is 0. The van der Waals surface area contributed by atoms with Crippen molar-refractivity contribution in [3.63, 3.8) is 0 Å². The zero-order valence-corrected chi connectivity index (χ0v) is 11.1. The van der Waals surface area contributed by atoms with Crippen molar-refractivity contribution in [2.24, 2.45) is 5.41 Å². The lowest BCUT2D eigenvalue weighted by Crippen LogP contribution is -2.39. The van der Waals surface area contributed by atoms with Crippen LogP contribution in [0.5, 0.6) is 0 Å². The van der Waals surface area contributed by atoms with Crippen LogP contribution < -0.4 is 11.1 Å². The molecule has 0 radical (unpaired) electrons. The Labute approximate surface area is 113 Å². The number of nitrogens with two attached hydrogens (primary N) is 1. The van der Waals surface area contributed by atoms with Crippen molar-refractivity contribution in [3.8, 4) is 0 Å². The van der Waals surface area contributed by atoms with Crippen LogP contribution in [0.15, 0.2) is 18.3 Å². The number of nitrogens with one attached hydrogen (secondary N) is 1. The fraction of sp³-hybridized carbons (Fsp3) is 0.571. The van der Waals surface area contributed by atoms with Crippen molar-refractivity contribution in [1.29, 1.82) is 0 Å². The lowest BCUT2D eigenvalue weighted by Gasteiger charge is -2.26. The van der Waals surface area contributed by atoms with E-state index >= 15 is 0 Å². The number of pyridine rings is 1. The first-order valence-corrected chi connectivity index (χ1v) is 6.72. The standard InChI is InChI=1S/C14H21N3O2/c15-11-3-4-12(16-8-11)7-13(19)17-9-14(10-18)5-1-2-6-14/h3-4,8,18H,1-2,5-7,9-10,15H2,(H,17,19). The third kappa shape index (κ3) is 3.67. The number of carbonyl (C=O) groups is 1. The van der Waals surface area contributed by atoms with Crippen LogP contribution in [0.3, 0.4) is 0 Å². The quantitative estimate of drug-likeness (QED) is 0.735. The van der Waals surface area contributed by atoms with Crippen LogP contribution in [-0.4, -0.2) is 29.1 Å². The fourth-order valence-electron chi connectivity index (χ4n) is 2.57. The minimum atomic E-state index is -0.107. The fourth-order valence-corrected chi connectivity index (χ4v) is 2.57. The molecule has 1 amide bonds. The Balaban J connectivity index is 1.82. The van der Waals surface area contributed by atoms with Crippen LogP contribution >= 0.6 is 0 Å². The maximum absolute atomic E-state index is 11.8. The molecule has 0 saturated heterocycles. The van der Waals surface area contributed by atoms with Crippen LogP contribution in [0.25, 0.3) is 0 Å². The Morgan fingerprint density at radius 1 is 1.42 bits per heavy atom. The van der Waals surface area contributed by atoms with Crippen molar-refractivity contribution in [3.05, 3.63) is 24.0 Å². The zero-order chi connectivity index (χ0) is 13.7. The van der Waals surface area contributed by atoms with E-state index in [9.17, 15) is 9.90 Å². The summed E-state index contributed by atoms with van der Waals surface area (Å²) in [5.41, 5.74) is 6.73. The molecule has 5 nitrogen and oxygen atoms in total. The highest BCUT2D eigenvalue weighted by Crippen LogP contribution is 2.36. The van der Waals surface area contributed by atoms with Crippen LogP contribution in [0.2, 0.25) is 0 Å². The van der Waals surface area contributed by atoms with E-state index in [4.69, 9.17) is 5.73 Å². The summed E-state index contributed by atoms with van der Waals surface area (Å²) in [7, 11) is 0. The molecule has 1 saturated carbocycles. The molecule has 1 aromatic heterocycles. The van der Waals surface area contributed by atoms with Gasteiger partial charge in [-0.3, -0.25) is 9.78 Å². The number of hydrogen-bond donors (Lipinski definition) is 3. The van der Waals surface area contributed by atoms with Gasteiger partial charge in [-0.2, -0.15) is 0 Å². The highest BCUT2D eigenvalue weighted by Gasteiger charge is 2.33. The largest absolute Gasteiger partial charge is 0.397 e. The van der Waals surface area contributed by atoms with E-state index < -0.39 is 0 Å².